The van der Waals surface area contributed by atoms with Gasteiger partial charge in [0.1, 0.15) is 0 Å². The van der Waals surface area contributed by atoms with Gasteiger partial charge in [0.05, 0.1) is 66.5 Å². The summed E-state index contributed by atoms with van der Waals surface area (Å²) in [5.41, 5.74) is -1.15. The molecule has 0 saturated carbocycles. The van der Waals surface area contributed by atoms with Crippen molar-refractivity contribution < 1.29 is 53.6 Å². The van der Waals surface area contributed by atoms with E-state index in [-0.39, 0.29) is 54.0 Å². The Bertz CT molecular complexity index is 1110. The van der Waals surface area contributed by atoms with Crippen LogP contribution in [-0.2, 0) is 33.2 Å². The maximum atomic E-state index is 11.8. The SMILES string of the molecule is CC[C@@]1([C@@H]2O[C@@H]([C@H]3O[C@@](O)(CO)[C@H](C)C[C@@H]3C)C[C@@H]2C)CC[C@H]([C@]2(C)CC[C@]3(C[C@H](O)[C@@H](C)[C@@H]([C@H](C)[C@@H](OC)[C@H](C)C(=O)O)O3)O2)O1. The van der Waals surface area contributed by atoms with Crippen LogP contribution < -0.4 is 0 Å². The fourth-order valence-electron chi connectivity index (χ4n) is 9.91. The maximum Gasteiger partial charge on any atom is 0.308 e. The molecule has 5 aliphatic heterocycles. The van der Waals surface area contributed by atoms with Gasteiger partial charge in [-0.3, -0.25) is 4.79 Å². The molecule has 0 aromatic heterocycles. The van der Waals surface area contributed by atoms with Crippen molar-refractivity contribution in [1.29, 1.82) is 0 Å². The summed E-state index contributed by atoms with van der Waals surface area (Å²) in [5.74, 6) is -4.52. The van der Waals surface area contributed by atoms with Crippen molar-refractivity contribution in [2.75, 3.05) is 13.7 Å². The molecule has 5 fully saturated rings. The lowest BCUT2D eigenvalue weighted by atomic mass is 9.78. The number of methoxy groups -OCH3 is 1. The highest BCUT2D eigenvalue weighted by molar-refractivity contribution is 5.70. The number of rotatable bonds is 10. The van der Waals surface area contributed by atoms with Crippen LogP contribution in [0.1, 0.15) is 107 Å². The molecule has 0 radical (unpaired) electrons. The molecule has 5 saturated heterocycles. The zero-order chi connectivity index (χ0) is 34.7. The Morgan fingerprint density at radius 3 is 2.34 bits per heavy atom. The third-order valence-corrected chi connectivity index (χ3v) is 13.0. The van der Waals surface area contributed by atoms with Crippen molar-refractivity contribution in [1.82, 2.24) is 0 Å². The molecule has 0 bridgehead atoms. The molecule has 4 N–H and O–H groups in total. The van der Waals surface area contributed by atoms with Crippen LogP contribution in [0, 0.1) is 35.5 Å². The molecule has 0 amide bonds. The lowest BCUT2D eigenvalue weighted by Gasteiger charge is -2.49. The van der Waals surface area contributed by atoms with Crippen molar-refractivity contribution >= 4 is 5.97 Å². The average molecular weight is 671 g/mol. The van der Waals surface area contributed by atoms with E-state index in [0.717, 1.165) is 32.1 Å². The Labute approximate surface area is 281 Å². The second-order valence-electron chi connectivity index (χ2n) is 16.3. The minimum atomic E-state index is -1.56. The van der Waals surface area contributed by atoms with Crippen molar-refractivity contribution in [2.24, 2.45) is 35.5 Å². The number of carbonyl (C=O) groups is 1. The second-order valence-corrected chi connectivity index (χ2v) is 16.3. The van der Waals surface area contributed by atoms with E-state index < -0.39 is 59.6 Å². The van der Waals surface area contributed by atoms with Gasteiger partial charge < -0.3 is 48.8 Å². The first-order valence-corrected chi connectivity index (χ1v) is 18.1. The van der Waals surface area contributed by atoms with E-state index in [1.165, 1.54) is 7.11 Å². The van der Waals surface area contributed by atoms with Crippen LogP contribution >= 0.6 is 0 Å². The number of ether oxygens (including phenoxy) is 6. The van der Waals surface area contributed by atoms with Crippen molar-refractivity contribution in [2.45, 2.75) is 172 Å². The third kappa shape index (κ3) is 6.67. The Kier molecular flexibility index (Phi) is 10.9. The second kappa shape index (κ2) is 13.7. The van der Waals surface area contributed by atoms with Crippen LogP contribution in [0.5, 0.6) is 0 Å². The molecule has 5 rings (SSSR count). The van der Waals surface area contributed by atoms with Gasteiger partial charge in [-0.05, 0) is 64.2 Å². The summed E-state index contributed by atoms with van der Waals surface area (Å²) in [6.07, 6.45) is 2.99. The van der Waals surface area contributed by atoms with Crippen LogP contribution in [0.4, 0.5) is 0 Å². The van der Waals surface area contributed by atoms with Crippen LogP contribution in [0.15, 0.2) is 0 Å². The lowest BCUT2D eigenvalue weighted by molar-refractivity contribution is -0.336. The normalized spacial score (nSPS) is 50.9. The number of aliphatic hydroxyl groups excluding tert-OH is 2. The smallest absolute Gasteiger partial charge is 0.308 e. The van der Waals surface area contributed by atoms with Crippen molar-refractivity contribution in [3.63, 3.8) is 0 Å². The highest BCUT2D eigenvalue weighted by atomic mass is 16.7. The van der Waals surface area contributed by atoms with Crippen LogP contribution in [0.25, 0.3) is 0 Å². The van der Waals surface area contributed by atoms with Gasteiger partial charge in [-0.15, -0.1) is 0 Å². The van der Waals surface area contributed by atoms with Crippen molar-refractivity contribution in [3.8, 4) is 0 Å². The molecular weight excluding hydrogens is 608 g/mol. The van der Waals surface area contributed by atoms with Gasteiger partial charge in [-0.2, -0.15) is 0 Å². The van der Waals surface area contributed by atoms with E-state index in [4.69, 9.17) is 28.4 Å². The minimum Gasteiger partial charge on any atom is -0.481 e. The molecule has 5 heterocycles. The van der Waals surface area contributed by atoms with Crippen LogP contribution in [-0.4, -0.2) is 106 Å². The Balaban J connectivity index is 1.29. The van der Waals surface area contributed by atoms with Crippen molar-refractivity contribution in [3.05, 3.63) is 0 Å². The standard InChI is InChI=1S/C36H62O11/c1-10-34(31-20(3)16-26(43-31)28-19(2)15-21(4)36(41,18-37)46-28)12-11-27(44-34)33(8)13-14-35(47-33)17-25(38)22(5)30(45-35)23(6)29(42-9)24(7)32(39)40/h19-31,37-38,41H,10-18H2,1-9H3,(H,39,40)/t19-,20-,21+,22+,23+,24-,25-,26+,27+,28-,29+,30-,31+,33-,34-,35+,36-/m0/s1. The Morgan fingerprint density at radius 2 is 1.72 bits per heavy atom. The zero-order valence-corrected chi connectivity index (χ0v) is 30.0. The topological polar surface area (TPSA) is 153 Å². The number of aliphatic hydroxyl groups is 3. The largest absolute Gasteiger partial charge is 0.481 e. The zero-order valence-electron chi connectivity index (χ0n) is 30.0. The fraction of sp³-hybridized carbons (Fsp3) is 0.972. The summed E-state index contributed by atoms with van der Waals surface area (Å²) in [6.45, 7) is 15.6. The van der Waals surface area contributed by atoms with Gasteiger partial charge >= 0.3 is 5.97 Å². The van der Waals surface area contributed by atoms with Gasteiger partial charge in [0, 0.05) is 37.7 Å². The third-order valence-electron chi connectivity index (χ3n) is 13.0. The molecule has 0 aromatic carbocycles. The van der Waals surface area contributed by atoms with Gasteiger partial charge in [0.15, 0.2) is 11.6 Å². The number of aliphatic carboxylic acids is 1. The molecule has 0 aromatic rings. The van der Waals surface area contributed by atoms with E-state index in [2.05, 4.69) is 27.7 Å². The quantitative estimate of drug-likeness (QED) is 0.264. The van der Waals surface area contributed by atoms with Crippen LogP contribution in [0.3, 0.4) is 0 Å². The Morgan fingerprint density at radius 1 is 1.02 bits per heavy atom. The van der Waals surface area contributed by atoms with Gasteiger partial charge in [0.25, 0.3) is 0 Å². The summed E-state index contributed by atoms with van der Waals surface area (Å²) in [5, 5.41) is 41.8. The lowest BCUT2D eigenvalue weighted by Crippen LogP contribution is -2.57. The summed E-state index contributed by atoms with van der Waals surface area (Å²) in [6, 6.07) is 0. The summed E-state index contributed by atoms with van der Waals surface area (Å²) in [4.78, 5) is 11.8. The minimum absolute atomic E-state index is 0.153. The summed E-state index contributed by atoms with van der Waals surface area (Å²) in [7, 11) is 1.52. The fourth-order valence-corrected chi connectivity index (χ4v) is 9.91. The Hall–Kier alpha value is -0.890. The number of hydrogen-bond donors (Lipinski definition) is 4. The number of carboxylic acid groups (broad SMARTS) is 1. The molecule has 0 aliphatic carbocycles. The highest BCUT2D eigenvalue weighted by Crippen LogP contribution is 2.55. The summed E-state index contributed by atoms with van der Waals surface area (Å²) < 4.78 is 39.4. The molecule has 17 atom stereocenters. The molecule has 272 valence electrons. The predicted molar refractivity (Wildman–Crippen MR) is 172 cm³/mol. The summed E-state index contributed by atoms with van der Waals surface area (Å²) >= 11 is 0. The van der Waals surface area contributed by atoms with Gasteiger partial charge in [-0.1, -0.05) is 41.5 Å². The maximum absolute atomic E-state index is 11.8. The predicted octanol–water partition coefficient (Wildman–Crippen LogP) is 4.27. The number of carboxylic acids is 1. The molecular formula is C36H62O11. The van der Waals surface area contributed by atoms with E-state index in [0.29, 0.717) is 19.3 Å². The monoisotopic (exact) mass is 670 g/mol. The molecule has 5 aliphatic rings. The molecule has 0 unspecified atom stereocenters. The number of hydrogen-bond acceptors (Lipinski definition) is 10. The van der Waals surface area contributed by atoms with E-state index >= 15 is 0 Å². The average Bonchev–Trinajstić information content (AvgIpc) is 3.73. The highest BCUT2D eigenvalue weighted by Gasteiger charge is 2.62. The van der Waals surface area contributed by atoms with E-state index in [9.17, 15) is 25.2 Å². The first-order chi connectivity index (χ1) is 22.0. The molecule has 11 heteroatoms. The van der Waals surface area contributed by atoms with E-state index in [1.54, 1.807) is 6.92 Å². The first kappa shape index (κ1) is 37.4. The molecule has 1 spiro atoms. The van der Waals surface area contributed by atoms with Gasteiger partial charge in [0.2, 0.25) is 0 Å². The first-order valence-electron chi connectivity index (χ1n) is 18.1. The van der Waals surface area contributed by atoms with Gasteiger partial charge in [-0.25, -0.2) is 0 Å². The molecule has 11 nitrogen and oxygen atoms in total. The van der Waals surface area contributed by atoms with Crippen LogP contribution in [0.2, 0.25) is 0 Å². The molecule has 47 heavy (non-hydrogen) atoms. The van der Waals surface area contributed by atoms with E-state index in [1.807, 2.05) is 20.8 Å².